The molecule has 7 heteroatoms. The Bertz CT molecular complexity index is 763. The van der Waals surface area contributed by atoms with Crippen LogP contribution in [0.15, 0.2) is 36.0 Å². The van der Waals surface area contributed by atoms with E-state index in [-0.39, 0.29) is 0 Å². The number of hydrogen-bond acceptors (Lipinski definition) is 5. The fraction of sp³-hybridized carbons (Fsp3) is 0.421. The zero-order valence-electron chi connectivity index (χ0n) is 14.6. The molecule has 0 amide bonds. The fourth-order valence-electron chi connectivity index (χ4n) is 2.98. The van der Waals surface area contributed by atoms with Gasteiger partial charge in [-0.2, -0.15) is 10.1 Å². The van der Waals surface area contributed by atoms with Gasteiger partial charge in [-0.3, -0.25) is 0 Å². The van der Waals surface area contributed by atoms with Crippen LogP contribution in [0.1, 0.15) is 37.7 Å². The van der Waals surface area contributed by atoms with Crippen molar-refractivity contribution in [2.75, 3.05) is 23.7 Å². The van der Waals surface area contributed by atoms with E-state index in [4.69, 9.17) is 23.2 Å². The SMILES string of the molecule is Clc1ccc(CCNc2cnnc(NCCC3=CCCCC3)n2)c(Cl)c1. The molecule has 2 N–H and O–H groups in total. The van der Waals surface area contributed by atoms with Gasteiger partial charge in [0.25, 0.3) is 0 Å². The van der Waals surface area contributed by atoms with Crippen molar-refractivity contribution in [3.63, 3.8) is 0 Å². The molecule has 1 aromatic carbocycles. The number of aromatic nitrogens is 3. The van der Waals surface area contributed by atoms with Gasteiger partial charge < -0.3 is 10.6 Å². The van der Waals surface area contributed by atoms with E-state index in [0.29, 0.717) is 28.4 Å². The lowest BCUT2D eigenvalue weighted by atomic mass is 9.97. The Hall–Kier alpha value is -1.85. The van der Waals surface area contributed by atoms with Gasteiger partial charge in [0.2, 0.25) is 5.95 Å². The summed E-state index contributed by atoms with van der Waals surface area (Å²) in [5.74, 6) is 1.25. The van der Waals surface area contributed by atoms with E-state index < -0.39 is 0 Å². The molecular formula is C19H23Cl2N5. The second kappa shape index (κ2) is 9.74. The number of benzene rings is 1. The smallest absolute Gasteiger partial charge is 0.244 e. The molecule has 26 heavy (non-hydrogen) atoms. The van der Waals surface area contributed by atoms with Gasteiger partial charge in [0.1, 0.15) is 0 Å². The highest BCUT2D eigenvalue weighted by Crippen LogP contribution is 2.21. The molecule has 0 aliphatic heterocycles. The third kappa shape index (κ3) is 5.85. The highest BCUT2D eigenvalue weighted by atomic mass is 35.5. The summed E-state index contributed by atoms with van der Waals surface area (Å²) in [6.45, 7) is 1.53. The maximum Gasteiger partial charge on any atom is 0.244 e. The summed E-state index contributed by atoms with van der Waals surface area (Å²) in [7, 11) is 0. The van der Waals surface area contributed by atoms with E-state index in [1.165, 1.54) is 31.3 Å². The number of nitrogens with zero attached hydrogens (tertiary/aromatic N) is 3. The standard InChI is InChI=1S/C19H23Cl2N5/c20-16-7-6-15(17(21)12-16)9-11-22-18-13-24-26-19(25-18)23-10-8-14-4-2-1-3-5-14/h4,6-7,12-13H,1-3,5,8-11H2,(H2,22,23,25,26). The molecular weight excluding hydrogens is 369 g/mol. The van der Waals surface area contributed by atoms with Gasteiger partial charge in [-0.1, -0.05) is 40.9 Å². The van der Waals surface area contributed by atoms with Crippen LogP contribution in [0.2, 0.25) is 10.0 Å². The Balaban J connectivity index is 1.45. The van der Waals surface area contributed by atoms with Gasteiger partial charge in [-0.25, -0.2) is 0 Å². The quantitative estimate of drug-likeness (QED) is 0.610. The first-order valence-electron chi connectivity index (χ1n) is 9.00. The van der Waals surface area contributed by atoms with Crippen molar-refractivity contribution in [1.29, 1.82) is 0 Å². The molecule has 0 saturated heterocycles. The van der Waals surface area contributed by atoms with Crippen molar-refractivity contribution < 1.29 is 0 Å². The summed E-state index contributed by atoms with van der Waals surface area (Å²) >= 11 is 12.1. The van der Waals surface area contributed by atoms with Crippen LogP contribution in [-0.2, 0) is 6.42 Å². The van der Waals surface area contributed by atoms with E-state index in [1.54, 1.807) is 12.3 Å². The van der Waals surface area contributed by atoms with Gasteiger partial charge in [-0.05, 0) is 56.2 Å². The largest absolute Gasteiger partial charge is 0.368 e. The molecule has 0 unspecified atom stereocenters. The third-order valence-electron chi connectivity index (χ3n) is 4.39. The second-order valence-corrected chi connectivity index (χ2v) is 7.21. The van der Waals surface area contributed by atoms with Crippen molar-refractivity contribution in [3.8, 4) is 0 Å². The first kappa shape index (κ1) is 18.9. The van der Waals surface area contributed by atoms with Crippen LogP contribution in [0.4, 0.5) is 11.8 Å². The molecule has 1 aliphatic carbocycles. The minimum absolute atomic E-state index is 0.552. The van der Waals surface area contributed by atoms with Gasteiger partial charge in [-0.15, -0.1) is 5.10 Å². The lowest BCUT2D eigenvalue weighted by Crippen LogP contribution is -2.11. The lowest BCUT2D eigenvalue weighted by molar-refractivity contribution is 0.678. The van der Waals surface area contributed by atoms with Crippen molar-refractivity contribution in [2.24, 2.45) is 0 Å². The summed E-state index contributed by atoms with van der Waals surface area (Å²) in [5.41, 5.74) is 2.58. The number of nitrogens with one attached hydrogen (secondary N) is 2. The van der Waals surface area contributed by atoms with Crippen LogP contribution in [0.3, 0.4) is 0 Å². The molecule has 0 bridgehead atoms. The Morgan fingerprint density at radius 2 is 1.92 bits per heavy atom. The minimum Gasteiger partial charge on any atom is -0.368 e. The first-order chi connectivity index (χ1) is 12.7. The van der Waals surface area contributed by atoms with Gasteiger partial charge in [0.05, 0.1) is 6.20 Å². The molecule has 1 aliphatic rings. The zero-order valence-corrected chi connectivity index (χ0v) is 16.2. The Morgan fingerprint density at radius 1 is 1.04 bits per heavy atom. The molecule has 0 atom stereocenters. The summed E-state index contributed by atoms with van der Waals surface area (Å²) < 4.78 is 0. The van der Waals surface area contributed by atoms with Gasteiger partial charge >= 0.3 is 0 Å². The fourth-order valence-corrected chi connectivity index (χ4v) is 3.48. The third-order valence-corrected chi connectivity index (χ3v) is 4.98. The molecule has 138 valence electrons. The number of anilines is 2. The molecule has 5 nitrogen and oxygen atoms in total. The average Bonchev–Trinajstić information content (AvgIpc) is 2.65. The van der Waals surface area contributed by atoms with E-state index in [9.17, 15) is 0 Å². The van der Waals surface area contributed by atoms with E-state index >= 15 is 0 Å². The Labute approximate surface area is 164 Å². The van der Waals surface area contributed by atoms with Crippen LogP contribution in [0, 0.1) is 0 Å². The normalized spacial score (nSPS) is 14.0. The summed E-state index contributed by atoms with van der Waals surface area (Å²) in [6, 6.07) is 5.55. The summed E-state index contributed by atoms with van der Waals surface area (Å²) in [6.07, 6.45) is 10.9. The van der Waals surface area contributed by atoms with Crippen LogP contribution in [-0.4, -0.2) is 28.3 Å². The van der Waals surface area contributed by atoms with E-state index in [0.717, 1.165) is 24.9 Å². The van der Waals surface area contributed by atoms with Crippen LogP contribution in [0.5, 0.6) is 0 Å². The molecule has 1 aromatic heterocycles. The number of halogens is 2. The van der Waals surface area contributed by atoms with Crippen LogP contribution in [0.25, 0.3) is 0 Å². The predicted molar refractivity (Wildman–Crippen MR) is 108 cm³/mol. The van der Waals surface area contributed by atoms with Crippen LogP contribution >= 0.6 is 23.2 Å². The van der Waals surface area contributed by atoms with Crippen LogP contribution < -0.4 is 10.6 Å². The number of hydrogen-bond donors (Lipinski definition) is 2. The van der Waals surface area contributed by atoms with Crippen molar-refractivity contribution in [2.45, 2.75) is 38.5 Å². The van der Waals surface area contributed by atoms with Crippen molar-refractivity contribution >= 4 is 35.0 Å². The average molecular weight is 392 g/mol. The Morgan fingerprint density at radius 3 is 2.73 bits per heavy atom. The van der Waals surface area contributed by atoms with Gasteiger partial charge in [0.15, 0.2) is 5.82 Å². The first-order valence-corrected chi connectivity index (χ1v) is 9.75. The minimum atomic E-state index is 0.552. The molecule has 0 spiro atoms. The zero-order chi connectivity index (χ0) is 18.2. The van der Waals surface area contributed by atoms with Crippen molar-refractivity contribution in [1.82, 2.24) is 15.2 Å². The summed E-state index contributed by atoms with van der Waals surface area (Å²) in [5, 5.41) is 15.9. The topological polar surface area (TPSA) is 62.7 Å². The molecule has 1 heterocycles. The molecule has 0 radical (unpaired) electrons. The molecule has 0 fully saturated rings. The summed E-state index contributed by atoms with van der Waals surface area (Å²) in [4.78, 5) is 4.45. The van der Waals surface area contributed by atoms with Crippen molar-refractivity contribution in [3.05, 3.63) is 51.7 Å². The number of allylic oxidation sites excluding steroid dienone is 1. The Kier molecular flexibility index (Phi) is 7.09. The monoisotopic (exact) mass is 391 g/mol. The number of rotatable bonds is 8. The van der Waals surface area contributed by atoms with Gasteiger partial charge in [0, 0.05) is 23.1 Å². The molecule has 0 saturated carbocycles. The highest BCUT2D eigenvalue weighted by Gasteiger charge is 2.05. The second-order valence-electron chi connectivity index (χ2n) is 6.36. The maximum absolute atomic E-state index is 6.19. The highest BCUT2D eigenvalue weighted by molar-refractivity contribution is 6.35. The van der Waals surface area contributed by atoms with E-state index in [2.05, 4.69) is 31.9 Å². The van der Waals surface area contributed by atoms with E-state index in [1.807, 2.05) is 12.1 Å². The molecule has 2 aromatic rings. The maximum atomic E-state index is 6.19. The predicted octanol–water partition coefficient (Wildman–Crippen LogP) is 5.14. The molecule has 3 rings (SSSR count). The lowest BCUT2D eigenvalue weighted by Gasteiger charge is -2.13.